The number of aromatic nitrogens is 1. The quantitative estimate of drug-likeness (QED) is 0.843. The Morgan fingerprint density at radius 2 is 1.71 bits per heavy atom. The summed E-state index contributed by atoms with van der Waals surface area (Å²) in [6.45, 7) is 10.5. The second-order valence-corrected chi connectivity index (χ2v) is 7.13. The summed E-state index contributed by atoms with van der Waals surface area (Å²) >= 11 is 0. The van der Waals surface area contributed by atoms with Gasteiger partial charge >= 0.3 is 7.12 Å². The normalized spacial score (nSPS) is 25.2. The Morgan fingerprint density at radius 1 is 1.10 bits per heavy atom. The zero-order chi connectivity index (χ0) is 15.1. The first-order valence-corrected chi connectivity index (χ1v) is 7.91. The third-order valence-corrected chi connectivity index (χ3v) is 5.09. The summed E-state index contributed by atoms with van der Waals surface area (Å²) in [6, 6.07) is 4.24. The lowest BCUT2D eigenvalue weighted by Crippen LogP contribution is -2.41. The fourth-order valence-corrected chi connectivity index (χ4v) is 2.89. The minimum atomic E-state index is -0.315. The molecule has 1 N–H and O–H groups in total. The molecule has 114 valence electrons. The van der Waals surface area contributed by atoms with Gasteiger partial charge in [-0.25, -0.2) is 0 Å². The van der Waals surface area contributed by atoms with E-state index >= 15 is 0 Å². The van der Waals surface area contributed by atoms with E-state index in [0.29, 0.717) is 5.92 Å². The Bertz CT molecular complexity index is 480. The first-order valence-electron chi connectivity index (χ1n) is 7.91. The van der Waals surface area contributed by atoms with Crippen LogP contribution in [-0.4, -0.2) is 36.4 Å². The molecule has 2 saturated heterocycles. The maximum absolute atomic E-state index is 6.06. The zero-order valence-electron chi connectivity index (χ0n) is 13.5. The lowest BCUT2D eigenvalue weighted by Gasteiger charge is -2.32. The van der Waals surface area contributed by atoms with Crippen molar-refractivity contribution in [1.82, 2.24) is 10.3 Å². The monoisotopic (exact) mass is 288 g/mol. The average Bonchev–Trinajstić information content (AvgIpc) is 2.69. The molecular weight excluding hydrogens is 263 g/mol. The Balaban J connectivity index is 1.73. The highest BCUT2D eigenvalue weighted by atomic mass is 16.7. The summed E-state index contributed by atoms with van der Waals surface area (Å²) in [5, 5.41) is 3.39. The van der Waals surface area contributed by atoms with Crippen molar-refractivity contribution in [2.24, 2.45) is 0 Å². The predicted molar refractivity (Wildman–Crippen MR) is 84.8 cm³/mol. The molecule has 5 heteroatoms. The number of hydrogen-bond donors (Lipinski definition) is 1. The summed E-state index contributed by atoms with van der Waals surface area (Å²) in [6.07, 6.45) is 4.26. The Labute approximate surface area is 127 Å². The number of pyridine rings is 1. The van der Waals surface area contributed by atoms with Gasteiger partial charge in [-0.2, -0.15) is 0 Å². The van der Waals surface area contributed by atoms with Crippen LogP contribution >= 0.6 is 0 Å². The number of hydrogen-bond acceptors (Lipinski definition) is 4. The molecule has 2 aliphatic heterocycles. The van der Waals surface area contributed by atoms with Gasteiger partial charge in [0.1, 0.15) is 0 Å². The molecule has 0 aromatic carbocycles. The van der Waals surface area contributed by atoms with Gasteiger partial charge < -0.3 is 14.6 Å². The van der Waals surface area contributed by atoms with Crippen molar-refractivity contribution in [3.05, 3.63) is 24.0 Å². The lowest BCUT2D eigenvalue weighted by atomic mass is 9.80. The zero-order valence-corrected chi connectivity index (χ0v) is 13.5. The predicted octanol–water partition coefficient (Wildman–Crippen LogP) is 1.85. The van der Waals surface area contributed by atoms with Crippen LogP contribution in [0.15, 0.2) is 18.3 Å². The maximum Gasteiger partial charge on any atom is 0.496 e. The minimum absolute atomic E-state index is 0.300. The van der Waals surface area contributed by atoms with Crippen molar-refractivity contribution in [2.75, 3.05) is 13.1 Å². The third kappa shape index (κ3) is 2.87. The largest absolute Gasteiger partial charge is 0.496 e. The molecule has 0 unspecified atom stereocenters. The van der Waals surface area contributed by atoms with Crippen molar-refractivity contribution in [3.8, 4) is 0 Å². The van der Waals surface area contributed by atoms with Gasteiger partial charge in [0.2, 0.25) is 0 Å². The molecule has 3 heterocycles. The molecule has 0 amide bonds. The Morgan fingerprint density at radius 3 is 2.24 bits per heavy atom. The van der Waals surface area contributed by atoms with Gasteiger partial charge in [0.05, 0.1) is 11.2 Å². The van der Waals surface area contributed by atoms with Gasteiger partial charge in [-0.05, 0) is 59.7 Å². The molecule has 1 aromatic rings. The highest BCUT2D eigenvalue weighted by Gasteiger charge is 2.51. The van der Waals surface area contributed by atoms with Crippen LogP contribution in [0.1, 0.15) is 52.1 Å². The standard InChI is InChI=1S/C16H25BN2O2/c1-15(2)16(3,4)21-17(20-15)13-5-6-14(19-11-13)12-7-9-18-10-8-12/h5-6,11-12,18H,7-10H2,1-4H3. The summed E-state index contributed by atoms with van der Waals surface area (Å²) in [4.78, 5) is 4.65. The summed E-state index contributed by atoms with van der Waals surface area (Å²) in [7, 11) is -0.315. The van der Waals surface area contributed by atoms with Gasteiger partial charge in [-0.3, -0.25) is 4.98 Å². The smallest absolute Gasteiger partial charge is 0.399 e. The number of piperidine rings is 1. The van der Waals surface area contributed by atoms with Crippen molar-refractivity contribution >= 4 is 12.6 Å². The van der Waals surface area contributed by atoms with E-state index in [9.17, 15) is 0 Å². The second kappa shape index (κ2) is 5.38. The second-order valence-electron chi connectivity index (χ2n) is 7.13. The van der Waals surface area contributed by atoms with Crippen LogP contribution in [0.3, 0.4) is 0 Å². The molecule has 0 atom stereocenters. The average molecular weight is 288 g/mol. The molecule has 2 fully saturated rings. The van der Waals surface area contributed by atoms with Crippen molar-refractivity contribution in [1.29, 1.82) is 0 Å². The van der Waals surface area contributed by atoms with Crippen molar-refractivity contribution in [3.63, 3.8) is 0 Å². The van der Waals surface area contributed by atoms with E-state index in [0.717, 1.165) is 18.6 Å². The minimum Gasteiger partial charge on any atom is -0.399 e. The Kier molecular flexibility index (Phi) is 3.84. The summed E-state index contributed by atoms with van der Waals surface area (Å²) in [5.41, 5.74) is 1.60. The third-order valence-electron chi connectivity index (χ3n) is 5.09. The molecule has 0 aliphatic carbocycles. The molecule has 0 saturated carbocycles. The molecule has 3 rings (SSSR count). The molecule has 0 radical (unpaired) electrons. The van der Waals surface area contributed by atoms with E-state index < -0.39 is 0 Å². The summed E-state index contributed by atoms with van der Waals surface area (Å²) < 4.78 is 12.1. The first kappa shape index (κ1) is 15.0. The van der Waals surface area contributed by atoms with E-state index in [2.05, 4.69) is 50.1 Å². The number of nitrogens with one attached hydrogen (secondary N) is 1. The highest BCUT2D eigenvalue weighted by Crippen LogP contribution is 2.36. The molecule has 21 heavy (non-hydrogen) atoms. The molecule has 1 aromatic heterocycles. The van der Waals surface area contributed by atoms with Gasteiger partial charge in [-0.15, -0.1) is 0 Å². The van der Waals surface area contributed by atoms with Crippen LogP contribution in [-0.2, 0) is 9.31 Å². The molecule has 4 nitrogen and oxygen atoms in total. The lowest BCUT2D eigenvalue weighted by molar-refractivity contribution is 0.00578. The van der Waals surface area contributed by atoms with Crippen LogP contribution in [0.2, 0.25) is 0 Å². The topological polar surface area (TPSA) is 43.4 Å². The van der Waals surface area contributed by atoms with Crippen molar-refractivity contribution in [2.45, 2.75) is 57.7 Å². The van der Waals surface area contributed by atoms with Crippen LogP contribution < -0.4 is 10.8 Å². The van der Waals surface area contributed by atoms with E-state index in [-0.39, 0.29) is 18.3 Å². The molecule has 0 bridgehead atoms. The van der Waals surface area contributed by atoms with Gasteiger partial charge in [0, 0.05) is 23.3 Å². The Hall–Kier alpha value is -0.905. The van der Waals surface area contributed by atoms with Crippen LogP contribution in [0.4, 0.5) is 0 Å². The van der Waals surface area contributed by atoms with Crippen molar-refractivity contribution < 1.29 is 9.31 Å². The highest BCUT2D eigenvalue weighted by molar-refractivity contribution is 6.62. The fourth-order valence-electron chi connectivity index (χ4n) is 2.89. The number of nitrogens with zero attached hydrogens (tertiary/aromatic N) is 1. The van der Waals surface area contributed by atoms with E-state index in [1.807, 2.05) is 6.20 Å². The van der Waals surface area contributed by atoms with Gasteiger partial charge in [0.15, 0.2) is 0 Å². The van der Waals surface area contributed by atoms with E-state index in [4.69, 9.17) is 9.31 Å². The van der Waals surface area contributed by atoms with Gasteiger partial charge in [-0.1, -0.05) is 6.07 Å². The van der Waals surface area contributed by atoms with E-state index in [1.165, 1.54) is 18.5 Å². The van der Waals surface area contributed by atoms with Crippen LogP contribution in [0, 0.1) is 0 Å². The fraction of sp³-hybridized carbons (Fsp3) is 0.688. The van der Waals surface area contributed by atoms with Crippen LogP contribution in [0.5, 0.6) is 0 Å². The number of rotatable bonds is 2. The SMILES string of the molecule is CC1(C)OB(c2ccc(C3CCNCC3)nc2)OC1(C)C. The van der Waals surface area contributed by atoms with E-state index in [1.54, 1.807) is 0 Å². The summed E-state index contributed by atoms with van der Waals surface area (Å²) in [5.74, 6) is 0.582. The molecular formula is C16H25BN2O2. The molecule has 2 aliphatic rings. The molecule has 0 spiro atoms. The maximum atomic E-state index is 6.06. The first-order chi connectivity index (χ1) is 9.89. The van der Waals surface area contributed by atoms with Gasteiger partial charge in [0.25, 0.3) is 0 Å². The van der Waals surface area contributed by atoms with Crippen LogP contribution in [0.25, 0.3) is 0 Å².